The zero-order chi connectivity index (χ0) is 23.1. The van der Waals surface area contributed by atoms with Gasteiger partial charge in [0.05, 0.1) is 6.04 Å². The lowest BCUT2D eigenvalue weighted by molar-refractivity contribution is 0.193. The molecule has 0 aliphatic carbocycles. The van der Waals surface area contributed by atoms with Crippen molar-refractivity contribution in [2.45, 2.75) is 33.2 Å². The highest BCUT2D eigenvalue weighted by molar-refractivity contribution is 5.99. The minimum absolute atomic E-state index is 0.248. The van der Waals surface area contributed by atoms with Gasteiger partial charge < -0.3 is 24.8 Å². The summed E-state index contributed by atoms with van der Waals surface area (Å²) in [6.07, 6.45) is 9.28. The van der Waals surface area contributed by atoms with Crippen molar-refractivity contribution < 1.29 is 4.74 Å². The van der Waals surface area contributed by atoms with Gasteiger partial charge in [-0.25, -0.2) is 4.98 Å². The monoisotopic (exact) mass is 438 g/mol. The molecule has 32 heavy (non-hydrogen) atoms. The molecule has 0 saturated carbocycles. The summed E-state index contributed by atoms with van der Waals surface area (Å²) < 4.78 is 6.15. The summed E-state index contributed by atoms with van der Waals surface area (Å²) in [5.74, 6) is 2.58. The van der Waals surface area contributed by atoms with Gasteiger partial charge in [0.2, 0.25) is 0 Å². The van der Waals surface area contributed by atoms with E-state index in [-0.39, 0.29) is 6.04 Å². The summed E-state index contributed by atoms with van der Waals surface area (Å²) >= 11 is 0. The number of pyridine rings is 1. The van der Waals surface area contributed by atoms with Crippen LogP contribution in [0, 0.1) is 6.92 Å². The second-order valence-electron chi connectivity index (χ2n) is 8.51. The molecule has 1 aromatic rings. The Labute approximate surface area is 193 Å². The van der Waals surface area contributed by atoms with Crippen molar-refractivity contribution in [1.82, 2.24) is 20.1 Å². The largest absolute Gasteiger partial charge is 0.487 e. The zero-order valence-corrected chi connectivity index (χ0v) is 20.3. The molecule has 0 amide bonds. The number of rotatable bonds is 8. The maximum absolute atomic E-state index is 6.15. The zero-order valence-electron chi connectivity index (χ0n) is 20.3. The Morgan fingerprint density at radius 3 is 2.88 bits per heavy atom. The lowest BCUT2D eigenvalue weighted by Gasteiger charge is -2.45. The predicted molar refractivity (Wildman–Crippen MR) is 134 cm³/mol. The molecule has 0 radical (unpaired) electrons. The van der Waals surface area contributed by atoms with Crippen molar-refractivity contribution in [3.63, 3.8) is 0 Å². The summed E-state index contributed by atoms with van der Waals surface area (Å²) in [5, 5.41) is 3.32. The van der Waals surface area contributed by atoms with Crippen molar-refractivity contribution in [2.24, 2.45) is 4.99 Å². The number of allylic oxidation sites excluding steroid dienone is 2. The highest BCUT2D eigenvalue weighted by atomic mass is 16.5. The molecule has 3 rings (SSSR count). The van der Waals surface area contributed by atoms with Crippen LogP contribution in [0.3, 0.4) is 0 Å². The third-order valence-electron chi connectivity index (χ3n) is 5.65. The predicted octanol–water partition coefficient (Wildman–Crippen LogP) is 3.18. The first-order valence-electron chi connectivity index (χ1n) is 11.6. The van der Waals surface area contributed by atoms with Crippen LogP contribution < -0.4 is 15.0 Å². The van der Waals surface area contributed by atoms with Crippen molar-refractivity contribution in [2.75, 3.05) is 58.3 Å². The van der Waals surface area contributed by atoms with Crippen molar-refractivity contribution in [3.8, 4) is 5.75 Å². The normalized spacial score (nSPS) is 18.8. The van der Waals surface area contributed by atoms with E-state index in [1.165, 1.54) is 0 Å². The van der Waals surface area contributed by atoms with Crippen LogP contribution >= 0.6 is 0 Å². The van der Waals surface area contributed by atoms with E-state index in [0.29, 0.717) is 13.2 Å². The minimum Gasteiger partial charge on any atom is -0.487 e. The number of nitrogens with zero attached hydrogens (tertiary/aromatic N) is 5. The van der Waals surface area contributed by atoms with Crippen LogP contribution in [0.25, 0.3) is 0 Å². The molecule has 1 saturated heterocycles. The minimum atomic E-state index is 0.248. The smallest absolute Gasteiger partial charge is 0.172 e. The van der Waals surface area contributed by atoms with Crippen LogP contribution in [0.4, 0.5) is 5.82 Å². The number of aromatic nitrogens is 1. The molecule has 1 N–H and O–H groups in total. The second kappa shape index (κ2) is 11.2. The van der Waals surface area contributed by atoms with Crippen LogP contribution in [0.1, 0.15) is 31.5 Å². The number of aryl methyl sites for hydroxylation is 1. The first kappa shape index (κ1) is 23.9. The topological polar surface area (TPSA) is 56.2 Å². The van der Waals surface area contributed by atoms with Crippen molar-refractivity contribution in [3.05, 3.63) is 54.0 Å². The molecule has 1 fully saturated rings. The maximum atomic E-state index is 6.15. The Morgan fingerprint density at radius 1 is 1.34 bits per heavy atom. The Hall–Kier alpha value is -2.80. The third-order valence-corrected chi connectivity index (χ3v) is 5.65. The first-order valence-corrected chi connectivity index (χ1v) is 11.6. The summed E-state index contributed by atoms with van der Waals surface area (Å²) in [5.41, 5.74) is 3.00. The van der Waals surface area contributed by atoms with Gasteiger partial charge in [0.15, 0.2) is 17.4 Å². The lowest BCUT2D eigenvalue weighted by Crippen LogP contribution is -2.57. The molecule has 7 nitrogen and oxygen atoms in total. The van der Waals surface area contributed by atoms with Crippen LogP contribution in [-0.4, -0.2) is 80.1 Å². The van der Waals surface area contributed by atoms with Gasteiger partial charge in [0.25, 0.3) is 0 Å². The highest BCUT2D eigenvalue weighted by Crippen LogP contribution is 2.35. The molecule has 1 unspecified atom stereocenters. The Balaban J connectivity index is 1.79. The molecule has 2 aliphatic rings. The number of hydrogen-bond acceptors (Lipinski definition) is 6. The summed E-state index contributed by atoms with van der Waals surface area (Å²) in [7, 11) is 4.13. The van der Waals surface area contributed by atoms with Gasteiger partial charge >= 0.3 is 0 Å². The van der Waals surface area contributed by atoms with E-state index >= 15 is 0 Å². The summed E-state index contributed by atoms with van der Waals surface area (Å²) in [6, 6.07) is 2.34. The number of piperazine rings is 1. The summed E-state index contributed by atoms with van der Waals surface area (Å²) in [4.78, 5) is 16.6. The number of amidine groups is 1. The second-order valence-corrected chi connectivity index (χ2v) is 8.51. The van der Waals surface area contributed by atoms with Gasteiger partial charge in [-0.3, -0.25) is 4.99 Å². The van der Waals surface area contributed by atoms with Crippen molar-refractivity contribution >= 4 is 11.7 Å². The fraction of sp³-hybridized carbons (Fsp3) is 0.520. The molecular formula is C25H38N6O. The number of aliphatic imine (C=N–C) groups is 1. The fourth-order valence-electron chi connectivity index (χ4n) is 3.96. The van der Waals surface area contributed by atoms with Gasteiger partial charge in [-0.2, -0.15) is 0 Å². The quantitative estimate of drug-likeness (QED) is 0.382. The van der Waals surface area contributed by atoms with E-state index in [4.69, 9.17) is 9.72 Å². The summed E-state index contributed by atoms with van der Waals surface area (Å²) in [6.45, 7) is 15.4. The molecule has 3 heterocycles. The van der Waals surface area contributed by atoms with Crippen LogP contribution in [0.5, 0.6) is 5.75 Å². The molecular weight excluding hydrogens is 400 g/mol. The van der Waals surface area contributed by atoms with E-state index in [2.05, 4.69) is 83.8 Å². The number of fused-ring (bicyclic) bond motifs is 3. The third kappa shape index (κ3) is 5.71. The number of likely N-dealkylation sites (N-methyl/N-ethyl adjacent to an activating group) is 1. The van der Waals surface area contributed by atoms with Gasteiger partial charge in [-0.15, -0.1) is 0 Å². The average Bonchev–Trinajstić information content (AvgIpc) is 2.77. The average molecular weight is 439 g/mol. The van der Waals surface area contributed by atoms with Crippen LogP contribution in [0.15, 0.2) is 47.8 Å². The Bertz CT molecular complexity index is 889. The molecule has 7 heteroatoms. The lowest BCUT2D eigenvalue weighted by atomic mass is 10.1. The number of ether oxygens (including phenoxy) is 1. The molecule has 1 atom stereocenters. The molecule has 0 spiro atoms. The Morgan fingerprint density at radius 2 is 2.16 bits per heavy atom. The first-order chi connectivity index (χ1) is 15.4. The molecule has 0 aromatic carbocycles. The maximum Gasteiger partial charge on any atom is 0.172 e. The van der Waals surface area contributed by atoms with E-state index in [1.807, 2.05) is 13.1 Å². The van der Waals surface area contributed by atoms with Crippen molar-refractivity contribution in [1.29, 1.82) is 0 Å². The van der Waals surface area contributed by atoms with Gasteiger partial charge in [-0.05, 0) is 58.3 Å². The highest BCUT2D eigenvalue weighted by Gasteiger charge is 2.34. The van der Waals surface area contributed by atoms with E-state index in [9.17, 15) is 0 Å². The number of hydrogen-bond donors (Lipinski definition) is 1. The van der Waals surface area contributed by atoms with Crippen LogP contribution in [-0.2, 0) is 0 Å². The Kier molecular flexibility index (Phi) is 8.33. The standard InChI is InChI=1S/C25H38N6O/c1-7-9-12-27-24(26-8-2)23-19(3)16-22-25(28-23)31-15-14-30(17-21(31)18-32-22)20(4)11-10-13-29(5)6/h9-12,16,21H,4,7-8,13-15,17-18H2,1-3,5-6H3,(H,26,27)/b11-10+,12-9+. The SMILES string of the molecule is C=C(/C=C/CN(C)C)N1CCN2c3nc(C(=NCC)N/C=C/CC)c(C)cc3OCC2C1. The number of nitrogens with one attached hydrogen (secondary N) is 1. The molecule has 174 valence electrons. The molecule has 2 aliphatic heterocycles. The van der Waals surface area contributed by atoms with E-state index in [1.54, 1.807) is 0 Å². The van der Waals surface area contributed by atoms with Gasteiger partial charge in [0, 0.05) is 38.4 Å². The number of anilines is 1. The molecule has 0 bridgehead atoms. The fourth-order valence-corrected chi connectivity index (χ4v) is 3.96. The van der Waals surface area contributed by atoms with E-state index < -0.39 is 0 Å². The molecule has 1 aromatic heterocycles. The van der Waals surface area contributed by atoms with Gasteiger partial charge in [-0.1, -0.05) is 25.7 Å². The van der Waals surface area contributed by atoms with E-state index in [0.717, 1.165) is 67.0 Å². The van der Waals surface area contributed by atoms with Gasteiger partial charge in [0.1, 0.15) is 12.3 Å². The van der Waals surface area contributed by atoms with Crippen LogP contribution in [0.2, 0.25) is 0 Å².